The number of amides is 2. The third-order valence-corrected chi connectivity index (χ3v) is 3.17. The molecule has 8 heteroatoms. The van der Waals surface area contributed by atoms with Crippen LogP contribution in [-0.4, -0.2) is 32.7 Å². The molecule has 2 amide bonds. The number of hydrogen-bond acceptors (Lipinski definition) is 6. The molecule has 2 heterocycles. The Morgan fingerprint density at radius 1 is 1.04 bits per heavy atom. The van der Waals surface area contributed by atoms with E-state index in [0.717, 1.165) is 18.2 Å². The SMILES string of the molecule is O=C1C=C(c2ccccc2C(=O)On2c(O)ccc2O)C(=O)N1. The van der Waals surface area contributed by atoms with Crippen LogP contribution in [0.5, 0.6) is 11.8 Å². The van der Waals surface area contributed by atoms with Gasteiger partial charge in [-0.3, -0.25) is 14.9 Å². The van der Waals surface area contributed by atoms with Crippen LogP contribution in [0.2, 0.25) is 0 Å². The molecule has 0 bridgehead atoms. The predicted molar refractivity (Wildman–Crippen MR) is 76.2 cm³/mol. The minimum atomic E-state index is -0.921. The van der Waals surface area contributed by atoms with Gasteiger partial charge in [0.1, 0.15) is 0 Å². The first kappa shape index (κ1) is 14.4. The first-order chi connectivity index (χ1) is 11.0. The summed E-state index contributed by atoms with van der Waals surface area (Å²) in [5.41, 5.74) is 0.228. The molecule has 0 aliphatic carbocycles. The molecule has 0 fully saturated rings. The summed E-state index contributed by atoms with van der Waals surface area (Å²) in [5, 5.41) is 21.1. The lowest BCUT2D eigenvalue weighted by molar-refractivity contribution is -0.123. The number of benzene rings is 1. The molecule has 1 aromatic carbocycles. The zero-order chi connectivity index (χ0) is 16.6. The van der Waals surface area contributed by atoms with Gasteiger partial charge in [0.05, 0.1) is 11.1 Å². The zero-order valence-corrected chi connectivity index (χ0v) is 11.5. The van der Waals surface area contributed by atoms with Gasteiger partial charge in [-0.1, -0.05) is 18.2 Å². The maximum Gasteiger partial charge on any atom is 0.364 e. The standard InChI is InChI=1S/C15H10N2O6/c18-11-7-10(14(21)16-11)8-3-1-2-4-9(8)15(22)23-17-12(19)5-6-13(17)20/h1-7,19-20H,(H,16,18,21). The Balaban J connectivity index is 1.98. The first-order valence-corrected chi connectivity index (χ1v) is 6.46. The van der Waals surface area contributed by atoms with E-state index >= 15 is 0 Å². The van der Waals surface area contributed by atoms with Crippen LogP contribution in [0.25, 0.3) is 5.57 Å². The summed E-state index contributed by atoms with van der Waals surface area (Å²) < 4.78 is 0.535. The van der Waals surface area contributed by atoms with Crippen LogP contribution < -0.4 is 10.2 Å². The van der Waals surface area contributed by atoms with E-state index in [1.165, 1.54) is 12.1 Å². The van der Waals surface area contributed by atoms with Crippen molar-refractivity contribution in [1.29, 1.82) is 0 Å². The van der Waals surface area contributed by atoms with E-state index in [-0.39, 0.29) is 16.7 Å². The lowest BCUT2D eigenvalue weighted by Gasteiger charge is -2.10. The van der Waals surface area contributed by atoms with Gasteiger partial charge in [-0.25, -0.2) is 4.79 Å². The smallest absolute Gasteiger partial charge is 0.364 e. The predicted octanol–water partition coefficient (Wildman–Crippen LogP) is 0.208. The van der Waals surface area contributed by atoms with E-state index in [4.69, 9.17) is 4.84 Å². The lowest BCUT2D eigenvalue weighted by atomic mass is 10.00. The first-order valence-electron chi connectivity index (χ1n) is 6.46. The molecule has 8 nitrogen and oxygen atoms in total. The molecule has 3 N–H and O–H groups in total. The Bertz CT molecular complexity index is 845. The third-order valence-electron chi connectivity index (χ3n) is 3.17. The molecule has 0 atom stereocenters. The minimum Gasteiger partial charge on any atom is -0.492 e. The fraction of sp³-hybridized carbons (Fsp3) is 0. The second-order valence-corrected chi connectivity index (χ2v) is 4.64. The molecular weight excluding hydrogens is 304 g/mol. The Hall–Kier alpha value is -3.55. The van der Waals surface area contributed by atoms with Crippen LogP contribution >= 0.6 is 0 Å². The van der Waals surface area contributed by atoms with Crippen molar-refractivity contribution in [1.82, 2.24) is 10.0 Å². The molecule has 0 saturated carbocycles. The molecule has 0 unspecified atom stereocenters. The van der Waals surface area contributed by atoms with Gasteiger partial charge < -0.3 is 15.1 Å². The summed E-state index contributed by atoms with van der Waals surface area (Å²) in [4.78, 5) is 40.2. The number of carbonyl (C=O) groups excluding carboxylic acids is 3. The van der Waals surface area contributed by atoms with Crippen molar-refractivity contribution in [2.24, 2.45) is 0 Å². The summed E-state index contributed by atoms with van der Waals surface area (Å²) in [6.45, 7) is 0. The highest BCUT2D eigenvalue weighted by molar-refractivity contribution is 6.34. The van der Waals surface area contributed by atoms with E-state index in [2.05, 4.69) is 5.32 Å². The molecule has 0 saturated heterocycles. The number of hydrogen-bond donors (Lipinski definition) is 3. The average Bonchev–Trinajstić information content (AvgIpc) is 3.02. The maximum absolute atomic E-state index is 12.3. The molecule has 3 rings (SSSR count). The van der Waals surface area contributed by atoms with Gasteiger partial charge in [-0.05, 0) is 6.07 Å². The van der Waals surface area contributed by atoms with Crippen molar-refractivity contribution < 1.29 is 29.4 Å². The molecule has 116 valence electrons. The molecule has 23 heavy (non-hydrogen) atoms. The number of carbonyl (C=O) groups is 3. The summed E-state index contributed by atoms with van der Waals surface area (Å²) in [6, 6.07) is 8.29. The van der Waals surface area contributed by atoms with Crippen LogP contribution in [0.1, 0.15) is 15.9 Å². The van der Waals surface area contributed by atoms with Crippen LogP contribution in [-0.2, 0) is 9.59 Å². The molecule has 0 spiro atoms. The van der Waals surface area contributed by atoms with Gasteiger partial charge in [0, 0.05) is 23.8 Å². The number of aromatic hydroxyl groups is 2. The van der Waals surface area contributed by atoms with Crippen molar-refractivity contribution in [2.75, 3.05) is 0 Å². The average molecular weight is 314 g/mol. The topological polar surface area (TPSA) is 118 Å². The van der Waals surface area contributed by atoms with Gasteiger partial charge >= 0.3 is 5.97 Å². The Morgan fingerprint density at radius 3 is 2.30 bits per heavy atom. The highest BCUT2D eigenvalue weighted by Crippen LogP contribution is 2.24. The number of nitrogens with zero attached hydrogens (tertiary/aromatic N) is 1. The van der Waals surface area contributed by atoms with Crippen LogP contribution in [0, 0.1) is 0 Å². The Kier molecular flexibility index (Phi) is 3.34. The second kappa shape index (κ2) is 5.34. The van der Waals surface area contributed by atoms with Crippen molar-refractivity contribution in [3.8, 4) is 11.8 Å². The molecule has 2 aromatic rings. The fourth-order valence-corrected chi connectivity index (χ4v) is 2.14. The Morgan fingerprint density at radius 2 is 1.70 bits per heavy atom. The second-order valence-electron chi connectivity index (χ2n) is 4.64. The fourth-order valence-electron chi connectivity index (χ4n) is 2.14. The van der Waals surface area contributed by atoms with Crippen molar-refractivity contribution in [2.45, 2.75) is 0 Å². The third kappa shape index (κ3) is 2.53. The normalized spacial score (nSPS) is 13.7. The monoisotopic (exact) mass is 314 g/mol. The lowest BCUT2D eigenvalue weighted by Crippen LogP contribution is -2.23. The minimum absolute atomic E-state index is 0.00361. The molecular formula is C15H10N2O6. The summed E-state index contributed by atoms with van der Waals surface area (Å²) in [6.07, 6.45) is 1.08. The quantitative estimate of drug-likeness (QED) is 0.697. The van der Waals surface area contributed by atoms with Crippen molar-refractivity contribution in [3.05, 3.63) is 53.6 Å². The zero-order valence-electron chi connectivity index (χ0n) is 11.5. The van der Waals surface area contributed by atoms with E-state index in [0.29, 0.717) is 4.73 Å². The number of rotatable bonds is 3. The highest BCUT2D eigenvalue weighted by Gasteiger charge is 2.27. The van der Waals surface area contributed by atoms with Crippen molar-refractivity contribution in [3.63, 3.8) is 0 Å². The van der Waals surface area contributed by atoms with Gasteiger partial charge in [0.15, 0.2) is 0 Å². The number of imide groups is 1. The summed E-state index contributed by atoms with van der Waals surface area (Å²) in [5.74, 6) is -3.06. The van der Waals surface area contributed by atoms with Gasteiger partial charge in [-0.15, -0.1) is 4.73 Å². The number of aromatic nitrogens is 1. The molecule has 0 radical (unpaired) electrons. The van der Waals surface area contributed by atoms with E-state index in [1.54, 1.807) is 12.1 Å². The van der Waals surface area contributed by atoms with E-state index in [9.17, 15) is 24.6 Å². The number of nitrogens with one attached hydrogen (secondary N) is 1. The summed E-state index contributed by atoms with van der Waals surface area (Å²) >= 11 is 0. The van der Waals surface area contributed by atoms with Crippen LogP contribution in [0.4, 0.5) is 0 Å². The van der Waals surface area contributed by atoms with Gasteiger partial charge in [-0.2, -0.15) is 0 Å². The highest BCUT2D eigenvalue weighted by atomic mass is 16.7. The van der Waals surface area contributed by atoms with Crippen LogP contribution in [0.3, 0.4) is 0 Å². The van der Waals surface area contributed by atoms with Gasteiger partial charge in [0.25, 0.3) is 11.8 Å². The van der Waals surface area contributed by atoms with Crippen LogP contribution in [0.15, 0.2) is 42.5 Å². The molecule has 1 aliphatic heterocycles. The Labute approximate surface area is 129 Å². The molecule has 1 aromatic heterocycles. The molecule has 1 aliphatic rings. The van der Waals surface area contributed by atoms with Crippen molar-refractivity contribution >= 4 is 23.4 Å². The maximum atomic E-state index is 12.3. The van der Waals surface area contributed by atoms with E-state index in [1.807, 2.05) is 0 Å². The van der Waals surface area contributed by atoms with E-state index < -0.39 is 29.5 Å². The largest absolute Gasteiger partial charge is 0.492 e. The summed E-state index contributed by atoms with van der Waals surface area (Å²) in [7, 11) is 0. The van der Waals surface area contributed by atoms with Gasteiger partial charge in [0.2, 0.25) is 11.8 Å².